The molecule has 0 fully saturated rings. The Morgan fingerprint density at radius 2 is 2.37 bits per heavy atom. The van der Waals surface area contributed by atoms with Crippen LogP contribution in [0.4, 0.5) is 5.82 Å². The second-order valence-electron chi connectivity index (χ2n) is 4.67. The number of aromatic nitrogens is 4. The molecule has 0 saturated carbocycles. The molecule has 0 spiro atoms. The van der Waals surface area contributed by atoms with Gasteiger partial charge in [-0.15, -0.1) is 21.5 Å². The molecule has 0 radical (unpaired) electrons. The van der Waals surface area contributed by atoms with Crippen LogP contribution in [0, 0.1) is 0 Å². The van der Waals surface area contributed by atoms with Crippen LogP contribution in [0.2, 0.25) is 0 Å². The molecule has 6 heteroatoms. The van der Waals surface area contributed by atoms with Gasteiger partial charge >= 0.3 is 0 Å². The normalized spacial score (nSPS) is 13.9. The first-order valence-electron chi connectivity index (χ1n) is 6.39. The summed E-state index contributed by atoms with van der Waals surface area (Å²) in [6, 6.07) is 4.22. The lowest BCUT2D eigenvalue weighted by Crippen LogP contribution is -2.08. The lowest BCUT2D eigenvalue weighted by Gasteiger charge is -2.12. The Morgan fingerprint density at radius 3 is 3.26 bits per heavy atom. The second kappa shape index (κ2) is 4.31. The number of rotatable bonds is 3. The van der Waals surface area contributed by atoms with E-state index in [9.17, 15) is 0 Å². The SMILES string of the molecule is c1csc(CNc2c3c(nc4nncn24)CCC3)c1. The molecule has 0 saturated heterocycles. The van der Waals surface area contributed by atoms with Gasteiger partial charge in [0.1, 0.15) is 12.1 Å². The van der Waals surface area contributed by atoms with Crippen LogP contribution in [-0.2, 0) is 19.4 Å². The van der Waals surface area contributed by atoms with E-state index in [4.69, 9.17) is 0 Å². The largest absolute Gasteiger partial charge is 0.366 e. The molecule has 0 unspecified atom stereocenters. The summed E-state index contributed by atoms with van der Waals surface area (Å²) >= 11 is 1.76. The fourth-order valence-corrected chi connectivity index (χ4v) is 3.26. The third-order valence-corrected chi connectivity index (χ3v) is 4.37. The molecule has 96 valence electrons. The molecule has 0 amide bonds. The Bertz CT molecular complexity index is 716. The number of fused-ring (bicyclic) bond motifs is 2. The Balaban J connectivity index is 1.76. The van der Waals surface area contributed by atoms with Crippen molar-refractivity contribution in [3.8, 4) is 0 Å². The Morgan fingerprint density at radius 1 is 1.37 bits per heavy atom. The minimum Gasteiger partial charge on any atom is -0.366 e. The first kappa shape index (κ1) is 10.9. The Kier molecular flexibility index (Phi) is 2.48. The third kappa shape index (κ3) is 1.79. The zero-order chi connectivity index (χ0) is 12.7. The van der Waals surface area contributed by atoms with Crippen molar-refractivity contribution < 1.29 is 0 Å². The molecule has 0 bridgehead atoms. The lowest BCUT2D eigenvalue weighted by molar-refractivity contribution is 0.899. The molecule has 0 aliphatic heterocycles. The van der Waals surface area contributed by atoms with Crippen molar-refractivity contribution in [3.05, 3.63) is 40.0 Å². The highest BCUT2D eigenvalue weighted by Gasteiger charge is 2.20. The number of nitrogens with zero attached hydrogens (tertiary/aromatic N) is 4. The standard InChI is InChI=1S/C13H13N5S/c1-4-10-11(5-1)16-13-17-15-8-18(13)12(10)14-7-9-3-2-6-19-9/h2-3,6,8,14H,1,4-5,7H2. The van der Waals surface area contributed by atoms with Crippen molar-refractivity contribution in [1.82, 2.24) is 19.6 Å². The van der Waals surface area contributed by atoms with Gasteiger partial charge in [0.15, 0.2) is 0 Å². The van der Waals surface area contributed by atoms with Gasteiger partial charge in [-0.1, -0.05) is 6.07 Å². The van der Waals surface area contributed by atoms with Gasteiger partial charge in [-0.3, -0.25) is 4.40 Å². The van der Waals surface area contributed by atoms with E-state index in [1.807, 2.05) is 4.40 Å². The van der Waals surface area contributed by atoms with E-state index in [-0.39, 0.29) is 0 Å². The molecule has 0 atom stereocenters. The molecule has 3 heterocycles. The molecule has 19 heavy (non-hydrogen) atoms. The van der Waals surface area contributed by atoms with Crippen molar-refractivity contribution in [2.45, 2.75) is 25.8 Å². The van der Waals surface area contributed by atoms with E-state index in [2.05, 4.69) is 38.0 Å². The maximum absolute atomic E-state index is 4.57. The van der Waals surface area contributed by atoms with Crippen molar-refractivity contribution in [2.75, 3.05) is 5.32 Å². The quantitative estimate of drug-likeness (QED) is 0.794. The van der Waals surface area contributed by atoms with Crippen LogP contribution in [0.25, 0.3) is 5.78 Å². The van der Waals surface area contributed by atoms with Crippen LogP contribution < -0.4 is 5.32 Å². The smallest absolute Gasteiger partial charge is 0.256 e. The monoisotopic (exact) mass is 271 g/mol. The number of nitrogens with one attached hydrogen (secondary N) is 1. The highest BCUT2D eigenvalue weighted by molar-refractivity contribution is 7.09. The van der Waals surface area contributed by atoms with Crippen LogP contribution in [0.1, 0.15) is 22.6 Å². The molecule has 3 aromatic rings. The summed E-state index contributed by atoms with van der Waals surface area (Å²) in [6.07, 6.45) is 5.05. The Labute approximate surface area is 114 Å². The molecular formula is C13H13N5S. The second-order valence-corrected chi connectivity index (χ2v) is 5.71. The van der Waals surface area contributed by atoms with E-state index < -0.39 is 0 Å². The van der Waals surface area contributed by atoms with Crippen molar-refractivity contribution >= 4 is 22.9 Å². The van der Waals surface area contributed by atoms with E-state index in [1.165, 1.54) is 22.6 Å². The number of hydrogen-bond acceptors (Lipinski definition) is 5. The van der Waals surface area contributed by atoms with Crippen LogP contribution in [0.3, 0.4) is 0 Å². The zero-order valence-corrected chi connectivity index (χ0v) is 11.2. The summed E-state index contributed by atoms with van der Waals surface area (Å²) in [6.45, 7) is 0.835. The predicted molar refractivity (Wildman–Crippen MR) is 74.5 cm³/mol. The van der Waals surface area contributed by atoms with E-state index in [0.29, 0.717) is 5.78 Å². The van der Waals surface area contributed by atoms with Crippen molar-refractivity contribution in [3.63, 3.8) is 0 Å². The van der Waals surface area contributed by atoms with Crippen LogP contribution in [-0.4, -0.2) is 19.6 Å². The van der Waals surface area contributed by atoms with Crippen molar-refractivity contribution in [2.24, 2.45) is 0 Å². The van der Waals surface area contributed by atoms with Crippen molar-refractivity contribution in [1.29, 1.82) is 0 Å². The number of anilines is 1. The first-order chi connectivity index (χ1) is 9.42. The summed E-state index contributed by atoms with van der Waals surface area (Å²) in [5.41, 5.74) is 2.50. The van der Waals surface area contributed by atoms with E-state index in [1.54, 1.807) is 17.7 Å². The Hall–Kier alpha value is -1.95. The minimum atomic E-state index is 0.689. The number of thiophene rings is 1. The fraction of sp³-hybridized carbons (Fsp3) is 0.308. The van der Waals surface area contributed by atoms with Crippen LogP contribution in [0.5, 0.6) is 0 Å². The van der Waals surface area contributed by atoms with Gasteiger partial charge in [-0.25, -0.2) is 4.98 Å². The van der Waals surface area contributed by atoms with Gasteiger partial charge < -0.3 is 5.32 Å². The first-order valence-corrected chi connectivity index (χ1v) is 7.27. The molecule has 5 nitrogen and oxygen atoms in total. The van der Waals surface area contributed by atoms with Crippen LogP contribution >= 0.6 is 11.3 Å². The molecule has 1 aliphatic rings. The van der Waals surface area contributed by atoms with Gasteiger partial charge in [0, 0.05) is 10.4 Å². The van der Waals surface area contributed by atoms with Gasteiger partial charge in [-0.2, -0.15) is 0 Å². The molecule has 0 aromatic carbocycles. The highest BCUT2D eigenvalue weighted by Crippen LogP contribution is 2.28. The predicted octanol–water partition coefficient (Wildman–Crippen LogP) is 2.29. The third-order valence-electron chi connectivity index (χ3n) is 3.49. The number of hydrogen-bond donors (Lipinski definition) is 1. The topological polar surface area (TPSA) is 55.1 Å². The summed E-state index contributed by atoms with van der Waals surface area (Å²) in [4.78, 5) is 5.90. The molecular weight excluding hydrogens is 258 g/mol. The zero-order valence-electron chi connectivity index (χ0n) is 10.3. The summed E-state index contributed by atoms with van der Waals surface area (Å²) in [7, 11) is 0. The average molecular weight is 271 g/mol. The minimum absolute atomic E-state index is 0.689. The molecule has 1 N–H and O–H groups in total. The van der Waals surface area contributed by atoms with Gasteiger partial charge in [0.05, 0.1) is 12.2 Å². The fourth-order valence-electron chi connectivity index (χ4n) is 2.61. The highest BCUT2D eigenvalue weighted by atomic mass is 32.1. The molecule has 4 rings (SSSR count). The van der Waals surface area contributed by atoms with E-state index >= 15 is 0 Å². The van der Waals surface area contributed by atoms with E-state index in [0.717, 1.165) is 25.2 Å². The van der Waals surface area contributed by atoms with Gasteiger partial charge in [0.25, 0.3) is 5.78 Å². The summed E-state index contributed by atoms with van der Waals surface area (Å²) in [5, 5.41) is 13.7. The van der Waals surface area contributed by atoms with Gasteiger partial charge in [-0.05, 0) is 30.7 Å². The maximum atomic E-state index is 4.57. The maximum Gasteiger partial charge on any atom is 0.256 e. The average Bonchev–Trinajstić information content (AvgIpc) is 3.14. The van der Waals surface area contributed by atoms with Gasteiger partial charge in [0.2, 0.25) is 0 Å². The van der Waals surface area contributed by atoms with Crippen LogP contribution in [0.15, 0.2) is 23.8 Å². The molecule has 1 aliphatic carbocycles. The number of aryl methyl sites for hydroxylation is 1. The summed E-state index contributed by atoms with van der Waals surface area (Å²) in [5.74, 6) is 1.80. The molecule has 3 aromatic heterocycles. The lowest BCUT2D eigenvalue weighted by atomic mass is 10.2. The summed E-state index contributed by atoms with van der Waals surface area (Å²) < 4.78 is 1.96.